The lowest BCUT2D eigenvalue weighted by molar-refractivity contribution is -0.131. The molecule has 6 heteroatoms. The quantitative estimate of drug-likeness (QED) is 0.822. The molecule has 0 aromatic heterocycles. The number of carbonyl (C=O) groups is 2. The Labute approximate surface area is 129 Å². The topological polar surface area (TPSA) is 58.6 Å². The predicted octanol–water partition coefficient (Wildman–Crippen LogP) is 2.83. The second-order valence-corrected chi connectivity index (χ2v) is 5.42. The SMILES string of the molecule is CCC1(CC)NC(=O)N(CCOc2cccc(Cl)c2)C1=O. The smallest absolute Gasteiger partial charge is 0.325 e. The summed E-state index contributed by atoms with van der Waals surface area (Å²) in [4.78, 5) is 25.5. The molecular weight excluding hydrogens is 292 g/mol. The average molecular weight is 311 g/mol. The first-order valence-corrected chi connectivity index (χ1v) is 7.42. The van der Waals surface area contributed by atoms with Crippen LogP contribution in [0.25, 0.3) is 0 Å². The third-order valence-electron chi connectivity index (χ3n) is 3.83. The van der Waals surface area contributed by atoms with Crippen LogP contribution in [0.1, 0.15) is 26.7 Å². The van der Waals surface area contributed by atoms with Crippen molar-refractivity contribution in [1.82, 2.24) is 10.2 Å². The van der Waals surface area contributed by atoms with Crippen LogP contribution in [0.2, 0.25) is 5.02 Å². The summed E-state index contributed by atoms with van der Waals surface area (Å²) in [5.41, 5.74) is -0.757. The number of nitrogens with one attached hydrogen (secondary N) is 1. The molecule has 1 fully saturated rings. The lowest BCUT2D eigenvalue weighted by Crippen LogP contribution is -2.46. The van der Waals surface area contributed by atoms with Crippen molar-refractivity contribution < 1.29 is 14.3 Å². The summed E-state index contributed by atoms with van der Waals surface area (Å²) in [6.45, 7) is 4.25. The molecule has 21 heavy (non-hydrogen) atoms. The number of hydrogen-bond donors (Lipinski definition) is 1. The normalized spacial score (nSPS) is 17.0. The van der Waals surface area contributed by atoms with E-state index in [4.69, 9.17) is 16.3 Å². The van der Waals surface area contributed by atoms with Crippen LogP contribution >= 0.6 is 11.6 Å². The number of halogens is 1. The summed E-state index contributed by atoms with van der Waals surface area (Å²) in [6.07, 6.45) is 1.17. The van der Waals surface area contributed by atoms with Gasteiger partial charge in [-0.05, 0) is 31.0 Å². The van der Waals surface area contributed by atoms with Gasteiger partial charge >= 0.3 is 6.03 Å². The molecule has 1 N–H and O–H groups in total. The molecule has 1 saturated heterocycles. The van der Waals surface area contributed by atoms with Gasteiger partial charge in [0.25, 0.3) is 5.91 Å². The highest BCUT2D eigenvalue weighted by Gasteiger charge is 2.48. The van der Waals surface area contributed by atoms with Crippen LogP contribution in [0.15, 0.2) is 24.3 Å². The fourth-order valence-electron chi connectivity index (χ4n) is 2.42. The highest BCUT2D eigenvalue weighted by Crippen LogP contribution is 2.24. The van der Waals surface area contributed by atoms with Crippen molar-refractivity contribution in [3.05, 3.63) is 29.3 Å². The first kappa shape index (κ1) is 15.6. The summed E-state index contributed by atoms with van der Waals surface area (Å²) in [5.74, 6) is 0.444. The maximum Gasteiger partial charge on any atom is 0.325 e. The lowest BCUT2D eigenvalue weighted by atomic mass is 9.93. The summed E-state index contributed by atoms with van der Waals surface area (Å²) in [7, 11) is 0. The maximum atomic E-state index is 12.4. The predicted molar refractivity (Wildman–Crippen MR) is 80.5 cm³/mol. The molecule has 0 radical (unpaired) electrons. The van der Waals surface area contributed by atoms with Crippen molar-refractivity contribution in [2.75, 3.05) is 13.2 Å². The third-order valence-corrected chi connectivity index (χ3v) is 4.07. The maximum absolute atomic E-state index is 12.4. The van der Waals surface area contributed by atoms with Gasteiger partial charge in [0.05, 0.1) is 6.54 Å². The summed E-state index contributed by atoms with van der Waals surface area (Å²) in [6, 6.07) is 6.65. The molecule has 1 aliphatic heterocycles. The number of rotatable bonds is 6. The lowest BCUT2D eigenvalue weighted by Gasteiger charge is -2.23. The van der Waals surface area contributed by atoms with Crippen LogP contribution in [-0.2, 0) is 4.79 Å². The van der Waals surface area contributed by atoms with E-state index in [1.165, 1.54) is 4.90 Å². The van der Waals surface area contributed by atoms with Gasteiger partial charge in [-0.2, -0.15) is 0 Å². The molecule has 0 bridgehead atoms. The van der Waals surface area contributed by atoms with E-state index in [1.54, 1.807) is 24.3 Å². The zero-order valence-electron chi connectivity index (χ0n) is 12.2. The van der Waals surface area contributed by atoms with E-state index in [0.29, 0.717) is 23.6 Å². The fraction of sp³-hybridized carbons (Fsp3) is 0.467. The number of nitrogens with zero attached hydrogens (tertiary/aromatic N) is 1. The van der Waals surface area contributed by atoms with E-state index < -0.39 is 5.54 Å². The van der Waals surface area contributed by atoms with Crippen LogP contribution in [0.5, 0.6) is 5.75 Å². The van der Waals surface area contributed by atoms with E-state index in [9.17, 15) is 9.59 Å². The molecular formula is C15H19ClN2O3. The minimum absolute atomic E-state index is 0.174. The number of hydrogen-bond acceptors (Lipinski definition) is 3. The fourth-order valence-corrected chi connectivity index (χ4v) is 2.60. The number of carbonyl (C=O) groups excluding carboxylic acids is 2. The van der Waals surface area contributed by atoms with Crippen molar-refractivity contribution in [2.45, 2.75) is 32.2 Å². The van der Waals surface area contributed by atoms with Crippen LogP contribution in [-0.4, -0.2) is 35.5 Å². The Morgan fingerprint density at radius 2 is 2.00 bits per heavy atom. The zero-order valence-corrected chi connectivity index (χ0v) is 12.9. The van der Waals surface area contributed by atoms with Crippen LogP contribution in [0, 0.1) is 0 Å². The molecule has 1 aromatic carbocycles. The van der Waals surface area contributed by atoms with Crippen LogP contribution in [0.4, 0.5) is 4.79 Å². The molecule has 0 saturated carbocycles. The number of amides is 3. The molecule has 2 rings (SSSR count). The first-order valence-electron chi connectivity index (χ1n) is 7.05. The molecule has 5 nitrogen and oxygen atoms in total. The highest BCUT2D eigenvalue weighted by molar-refractivity contribution is 6.30. The number of urea groups is 1. The van der Waals surface area contributed by atoms with Gasteiger partial charge in [0.15, 0.2) is 0 Å². The summed E-state index contributed by atoms with van der Waals surface area (Å²) >= 11 is 5.86. The van der Waals surface area contributed by atoms with Crippen LogP contribution < -0.4 is 10.1 Å². The van der Waals surface area contributed by atoms with Crippen molar-refractivity contribution >= 4 is 23.5 Å². The van der Waals surface area contributed by atoms with Crippen molar-refractivity contribution in [3.8, 4) is 5.75 Å². The van der Waals surface area contributed by atoms with Crippen molar-refractivity contribution in [2.24, 2.45) is 0 Å². The van der Waals surface area contributed by atoms with E-state index in [2.05, 4.69) is 5.32 Å². The highest BCUT2D eigenvalue weighted by atomic mass is 35.5. The monoisotopic (exact) mass is 310 g/mol. The summed E-state index contributed by atoms with van der Waals surface area (Å²) in [5, 5.41) is 3.37. The molecule has 1 aromatic rings. The second-order valence-electron chi connectivity index (χ2n) is 4.98. The van der Waals surface area contributed by atoms with Crippen molar-refractivity contribution in [3.63, 3.8) is 0 Å². The average Bonchev–Trinajstić information content (AvgIpc) is 2.72. The molecule has 0 spiro atoms. The van der Waals surface area contributed by atoms with E-state index in [-0.39, 0.29) is 25.1 Å². The van der Waals surface area contributed by atoms with Gasteiger partial charge in [-0.3, -0.25) is 9.69 Å². The Morgan fingerprint density at radius 3 is 2.57 bits per heavy atom. The molecule has 0 aliphatic carbocycles. The van der Waals surface area contributed by atoms with E-state index in [0.717, 1.165) is 0 Å². The van der Waals surface area contributed by atoms with E-state index >= 15 is 0 Å². The van der Waals surface area contributed by atoms with Gasteiger partial charge in [-0.1, -0.05) is 31.5 Å². The minimum atomic E-state index is -0.757. The minimum Gasteiger partial charge on any atom is -0.492 e. The molecule has 3 amide bonds. The molecule has 1 aliphatic rings. The number of benzene rings is 1. The van der Waals surface area contributed by atoms with Gasteiger partial charge < -0.3 is 10.1 Å². The molecule has 0 atom stereocenters. The Hall–Kier alpha value is -1.75. The van der Waals surface area contributed by atoms with Crippen LogP contribution in [0.3, 0.4) is 0 Å². The zero-order chi connectivity index (χ0) is 15.5. The van der Waals surface area contributed by atoms with Gasteiger partial charge in [-0.15, -0.1) is 0 Å². The van der Waals surface area contributed by atoms with E-state index in [1.807, 2.05) is 13.8 Å². The number of imide groups is 1. The molecule has 0 unspecified atom stereocenters. The molecule has 114 valence electrons. The Kier molecular flexibility index (Phi) is 4.73. The summed E-state index contributed by atoms with van der Waals surface area (Å²) < 4.78 is 5.52. The third kappa shape index (κ3) is 3.13. The van der Waals surface area contributed by atoms with Gasteiger partial charge in [0.1, 0.15) is 17.9 Å². The standard InChI is InChI=1S/C15H19ClN2O3/c1-3-15(4-2)13(19)18(14(20)17-15)8-9-21-12-7-5-6-11(16)10-12/h5-7,10H,3-4,8-9H2,1-2H3,(H,17,20). The van der Waals surface area contributed by atoms with Crippen molar-refractivity contribution in [1.29, 1.82) is 0 Å². The number of ether oxygens (including phenoxy) is 1. The van der Waals surface area contributed by atoms with Gasteiger partial charge in [0.2, 0.25) is 0 Å². The van der Waals surface area contributed by atoms with Gasteiger partial charge in [-0.25, -0.2) is 4.79 Å². The first-order chi connectivity index (χ1) is 10.0. The second kappa shape index (κ2) is 6.35. The largest absolute Gasteiger partial charge is 0.492 e. The Balaban J connectivity index is 1.94. The Morgan fingerprint density at radius 1 is 1.29 bits per heavy atom. The Bertz CT molecular complexity index is 543. The van der Waals surface area contributed by atoms with Gasteiger partial charge in [0, 0.05) is 5.02 Å². The molecule has 1 heterocycles.